The predicted octanol–water partition coefficient (Wildman–Crippen LogP) is 4.27. The van der Waals surface area contributed by atoms with Crippen molar-refractivity contribution in [2.75, 3.05) is 16.4 Å². The van der Waals surface area contributed by atoms with Crippen molar-refractivity contribution >= 4 is 38.4 Å². The van der Waals surface area contributed by atoms with E-state index in [2.05, 4.69) is 4.99 Å². The molecule has 0 aromatic heterocycles. The molecule has 6 nitrogen and oxygen atoms in total. The maximum atomic E-state index is 12.3. The lowest BCUT2D eigenvalue weighted by atomic mass is 10.2. The molecule has 0 bridgehead atoms. The number of para-hydroxylation sites is 1. The molecule has 2 aliphatic heterocycles. The Morgan fingerprint density at radius 2 is 1.80 bits per heavy atom. The minimum absolute atomic E-state index is 0.0785. The van der Waals surface area contributed by atoms with Gasteiger partial charge >= 0.3 is 0 Å². The Labute approximate surface area is 181 Å². The second kappa shape index (κ2) is 8.81. The number of aliphatic imine (C=N–C) groups is 1. The van der Waals surface area contributed by atoms with Crippen LogP contribution in [0, 0.1) is 0 Å². The van der Waals surface area contributed by atoms with Gasteiger partial charge in [0.1, 0.15) is 11.5 Å². The van der Waals surface area contributed by atoms with E-state index in [1.54, 1.807) is 0 Å². The summed E-state index contributed by atoms with van der Waals surface area (Å²) in [6.07, 6.45) is 2.14. The highest BCUT2D eigenvalue weighted by molar-refractivity contribution is 8.16. The number of amides is 1. The van der Waals surface area contributed by atoms with Gasteiger partial charge in [0, 0.05) is 17.4 Å². The number of hydrogen-bond donors (Lipinski definition) is 0. The molecule has 2 atom stereocenters. The third kappa shape index (κ3) is 4.70. The van der Waals surface area contributed by atoms with Crippen LogP contribution in [0.25, 0.3) is 0 Å². The molecule has 2 aromatic rings. The van der Waals surface area contributed by atoms with Gasteiger partial charge in [0.05, 0.1) is 17.5 Å². The first kappa shape index (κ1) is 20.9. The lowest BCUT2D eigenvalue weighted by Crippen LogP contribution is -2.37. The molecule has 2 saturated heterocycles. The van der Waals surface area contributed by atoms with E-state index in [4.69, 9.17) is 4.74 Å². The number of rotatable bonds is 6. The summed E-state index contributed by atoms with van der Waals surface area (Å²) in [6.45, 7) is 2.03. The molecule has 2 unspecified atom stereocenters. The summed E-state index contributed by atoms with van der Waals surface area (Å²) in [5, 5.41) is 0.491. The van der Waals surface area contributed by atoms with Gasteiger partial charge in [0.25, 0.3) is 0 Å². The molecule has 2 fully saturated rings. The van der Waals surface area contributed by atoms with Gasteiger partial charge in [0.15, 0.2) is 15.0 Å². The third-order valence-electron chi connectivity index (χ3n) is 5.12. The van der Waals surface area contributed by atoms with E-state index in [1.165, 1.54) is 11.8 Å². The highest BCUT2D eigenvalue weighted by Gasteiger charge is 2.49. The van der Waals surface area contributed by atoms with Gasteiger partial charge in [-0.3, -0.25) is 4.79 Å². The number of carbonyl (C=O) groups excluding carboxylic acids is 1. The van der Waals surface area contributed by atoms with Crippen molar-refractivity contribution in [3.8, 4) is 11.5 Å². The minimum atomic E-state index is -3.09. The fourth-order valence-corrected chi connectivity index (χ4v) is 7.59. The summed E-state index contributed by atoms with van der Waals surface area (Å²) in [6, 6.07) is 16.8. The van der Waals surface area contributed by atoms with Crippen molar-refractivity contribution in [1.29, 1.82) is 0 Å². The number of sulfone groups is 1. The zero-order chi connectivity index (χ0) is 21.1. The largest absolute Gasteiger partial charge is 0.457 e. The van der Waals surface area contributed by atoms with Crippen molar-refractivity contribution in [1.82, 2.24) is 0 Å². The Hall–Kier alpha value is -2.32. The van der Waals surface area contributed by atoms with E-state index >= 15 is 0 Å². The van der Waals surface area contributed by atoms with Gasteiger partial charge in [-0.1, -0.05) is 43.3 Å². The molecule has 0 spiro atoms. The van der Waals surface area contributed by atoms with E-state index in [0.29, 0.717) is 17.3 Å². The topological polar surface area (TPSA) is 76.0 Å². The lowest BCUT2D eigenvalue weighted by Gasteiger charge is -2.24. The van der Waals surface area contributed by atoms with Gasteiger partial charge < -0.3 is 9.64 Å². The number of unbranched alkanes of at least 4 members (excludes halogenated alkanes) is 1. The van der Waals surface area contributed by atoms with Crippen LogP contribution in [0.5, 0.6) is 11.5 Å². The van der Waals surface area contributed by atoms with E-state index in [9.17, 15) is 13.2 Å². The fraction of sp³-hybridized carbons (Fsp3) is 0.364. The summed E-state index contributed by atoms with van der Waals surface area (Å²) in [7, 11) is -3.09. The normalized spacial score (nSPS) is 23.5. The summed E-state index contributed by atoms with van der Waals surface area (Å²) >= 11 is 1.40. The second-order valence-electron chi connectivity index (χ2n) is 7.47. The fourth-order valence-electron chi connectivity index (χ4n) is 3.66. The molecule has 30 heavy (non-hydrogen) atoms. The van der Waals surface area contributed by atoms with Crippen LogP contribution in [0.2, 0.25) is 0 Å². The van der Waals surface area contributed by atoms with Gasteiger partial charge in [-0.2, -0.15) is 4.99 Å². The lowest BCUT2D eigenvalue weighted by molar-refractivity contribution is -0.117. The van der Waals surface area contributed by atoms with Crippen molar-refractivity contribution in [3.05, 3.63) is 54.6 Å². The van der Waals surface area contributed by atoms with Crippen molar-refractivity contribution < 1.29 is 17.9 Å². The number of nitrogens with zero attached hydrogens (tertiary/aromatic N) is 2. The van der Waals surface area contributed by atoms with Gasteiger partial charge in [0.2, 0.25) is 5.91 Å². The molecule has 2 aliphatic rings. The third-order valence-corrected chi connectivity index (χ3v) is 8.33. The number of benzene rings is 2. The first-order chi connectivity index (χ1) is 14.4. The van der Waals surface area contributed by atoms with Crippen LogP contribution in [0.1, 0.15) is 26.2 Å². The second-order valence-corrected chi connectivity index (χ2v) is 10.8. The molecule has 0 aliphatic carbocycles. The van der Waals surface area contributed by atoms with Crippen LogP contribution in [0.15, 0.2) is 59.6 Å². The van der Waals surface area contributed by atoms with Crippen molar-refractivity contribution in [2.45, 2.75) is 37.5 Å². The number of thioether (sulfide) groups is 1. The minimum Gasteiger partial charge on any atom is -0.457 e. The molecule has 8 heteroatoms. The first-order valence-corrected chi connectivity index (χ1v) is 12.8. The molecular weight excluding hydrogens is 420 g/mol. The Morgan fingerprint density at radius 1 is 1.10 bits per heavy atom. The van der Waals surface area contributed by atoms with E-state index in [-0.39, 0.29) is 28.7 Å². The molecule has 0 saturated carbocycles. The molecule has 4 rings (SSSR count). The molecular formula is C22H24N2O4S2. The van der Waals surface area contributed by atoms with Gasteiger partial charge in [-0.05, 0) is 42.8 Å². The van der Waals surface area contributed by atoms with E-state index in [0.717, 1.165) is 24.3 Å². The van der Waals surface area contributed by atoms with Crippen LogP contribution in [0.4, 0.5) is 5.69 Å². The predicted molar refractivity (Wildman–Crippen MR) is 121 cm³/mol. The highest BCUT2D eigenvalue weighted by atomic mass is 32.2. The van der Waals surface area contributed by atoms with Gasteiger partial charge in [-0.25, -0.2) is 8.42 Å². The monoisotopic (exact) mass is 444 g/mol. The summed E-state index contributed by atoms with van der Waals surface area (Å²) in [4.78, 5) is 18.5. The number of ether oxygens (including phenoxy) is 1. The van der Waals surface area contributed by atoms with E-state index in [1.807, 2.05) is 66.4 Å². The molecule has 0 radical (unpaired) electrons. The van der Waals surface area contributed by atoms with Gasteiger partial charge in [-0.15, -0.1) is 0 Å². The zero-order valence-corrected chi connectivity index (χ0v) is 18.4. The maximum absolute atomic E-state index is 12.3. The Kier molecular flexibility index (Phi) is 6.15. The van der Waals surface area contributed by atoms with Crippen LogP contribution in [-0.4, -0.2) is 42.3 Å². The van der Waals surface area contributed by atoms with Crippen molar-refractivity contribution in [3.63, 3.8) is 0 Å². The molecule has 2 aromatic carbocycles. The quantitative estimate of drug-likeness (QED) is 0.662. The highest BCUT2D eigenvalue weighted by Crippen LogP contribution is 2.41. The van der Waals surface area contributed by atoms with Crippen LogP contribution in [0.3, 0.4) is 0 Å². The molecule has 1 amide bonds. The number of anilines is 1. The van der Waals surface area contributed by atoms with Crippen LogP contribution in [-0.2, 0) is 14.6 Å². The van der Waals surface area contributed by atoms with Crippen molar-refractivity contribution in [2.24, 2.45) is 4.99 Å². The zero-order valence-electron chi connectivity index (χ0n) is 16.7. The average Bonchev–Trinajstić information content (AvgIpc) is 3.18. The standard InChI is InChI=1S/C22H24N2O4S2/c1-2-3-9-21(25)23-22-24(19-14-30(26,27)15-20(19)29-22)16-10-12-18(13-11-16)28-17-7-5-4-6-8-17/h4-8,10-13,19-20H,2-3,9,14-15H2,1H3. The Balaban J connectivity index is 1.59. The summed E-state index contributed by atoms with van der Waals surface area (Å²) in [5.74, 6) is 1.47. The molecule has 0 N–H and O–H groups in total. The Bertz CT molecular complexity index is 1040. The van der Waals surface area contributed by atoms with Crippen LogP contribution < -0.4 is 9.64 Å². The number of fused-ring (bicyclic) bond motifs is 1. The summed E-state index contributed by atoms with van der Waals surface area (Å²) < 4.78 is 30.2. The summed E-state index contributed by atoms with van der Waals surface area (Å²) in [5.41, 5.74) is 0.814. The first-order valence-electron chi connectivity index (χ1n) is 10.1. The number of amidine groups is 1. The smallest absolute Gasteiger partial charge is 0.248 e. The molecule has 2 heterocycles. The van der Waals surface area contributed by atoms with E-state index < -0.39 is 9.84 Å². The van der Waals surface area contributed by atoms with Crippen LogP contribution >= 0.6 is 11.8 Å². The molecule has 158 valence electrons. The maximum Gasteiger partial charge on any atom is 0.248 e. The number of hydrogen-bond acceptors (Lipinski definition) is 5. The average molecular weight is 445 g/mol. The SMILES string of the molecule is CCCCC(=O)N=C1SC2CS(=O)(=O)CC2N1c1ccc(Oc2ccccc2)cc1. The Morgan fingerprint density at radius 3 is 2.50 bits per heavy atom. The number of carbonyl (C=O) groups is 1.